The van der Waals surface area contributed by atoms with Crippen LogP contribution in [0.3, 0.4) is 0 Å². The lowest BCUT2D eigenvalue weighted by atomic mass is 9.43. The fourth-order valence-corrected chi connectivity index (χ4v) is 2.72. The van der Waals surface area contributed by atoms with Gasteiger partial charge in [0, 0.05) is 11.8 Å². The molecule has 3 aliphatic rings. The van der Waals surface area contributed by atoms with Gasteiger partial charge in [-0.25, -0.2) is 0 Å². The Labute approximate surface area is 80.9 Å². The highest BCUT2D eigenvalue weighted by Gasteiger charge is 2.55. The van der Waals surface area contributed by atoms with Crippen molar-refractivity contribution in [3.05, 3.63) is 0 Å². The van der Waals surface area contributed by atoms with Crippen LogP contribution in [0.4, 0.5) is 0 Å². The molecule has 0 spiro atoms. The van der Waals surface area contributed by atoms with Crippen LogP contribution in [0.2, 0.25) is 0 Å². The van der Waals surface area contributed by atoms with Gasteiger partial charge in [-0.3, -0.25) is 4.79 Å². The van der Waals surface area contributed by atoms with E-state index in [1.54, 1.807) is 0 Å². The summed E-state index contributed by atoms with van der Waals surface area (Å²) in [6, 6.07) is 0. The van der Waals surface area contributed by atoms with E-state index in [2.05, 4.69) is 0 Å². The Balaban J connectivity index is 1.76. The van der Waals surface area contributed by atoms with Gasteiger partial charge in [-0.15, -0.1) is 0 Å². The maximum absolute atomic E-state index is 11.7. The molecule has 0 aromatic carbocycles. The van der Waals surface area contributed by atoms with E-state index in [0.29, 0.717) is 11.2 Å². The van der Waals surface area contributed by atoms with Gasteiger partial charge in [-0.1, -0.05) is 20.8 Å². The van der Waals surface area contributed by atoms with Crippen LogP contribution in [-0.4, -0.2) is 5.78 Å². The van der Waals surface area contributed by atoms with Crippen LogP contribution in [0.5, 0.6) is 0 Å². The first kappa shape index (κ1) is 9.23. The molecule has 0 amide bonds. The van der Waals surface area contributed by atoms with Gasteiger partial charge in [-0.2, -0.15) is 0 Å². The van der Waals surface area contributed by atoms with Gasteiger partial charge in [0.2, 0.25) is 0 Å². The summed E-state index contributed by atoms with van der Waals surface area (Å²) in [4.78, 5) is 11.7. The number of Topliss-reactive ketones (excluding diaryl/α,β-unsaturated/α-hetero) is 1. The fourth-order valence-electron chi connectivity index (χ4n) is 2.72. The Kier molecular flexibility index (Phi) is 1.84. The third-order valence-electron chi connectivity index (χ3n) is 3.88. The van der Waals surface area contributed by atoms with Crippen molar-refractivity contribution in [1.82, 2.24) is 0 Å². The molecule has 1 heteroatoms. The van der Waals surface area contributed by atoms with Gasteiger partial charge in [0.15, 0.2) is 0 Å². The van der Waals surface area contributed by atoms with E-state index in [1.165, 1.54) is 25.7 Å². The van der Waals surface area contributed by atoms with Crippen molar-refractivity contribution >= 4 is 5.78 Å². The Morgan fingerprint density at radius 3 is 2.15 bits per heavy atom. The van der Waals surface area contributed by atoms with Gasteiger partial charge in [0.1, 0.15) is 5.78 Å². The van der Waals surface area contributed by atoms with Crippen LogP contribution in [0.1, 0.15) is 52.9 Å². The van der Waals surface area contributed by atoms with Gasteiger partial charge in [0.25, 0.3) is 0 Å². The molecule has 0 aromatic heterocycles. The maximum Gasteiger partial charge on any atom is 0.138 e. The zero-order valence-corrected chi connectivity index (χ0v) is 9.02. The molecule has 13 heavy (non-hydrogen) atoms. The summed E-state index contributed by atoms with van der Waals surface area (Å²) in [5, 5.41) is 0. The average molecular weight is 180 g/mol. The standard InChI is InChI=1S/C12H20O/c1-11(2,3)10(13)4-5-12-6-9(7-12)8-12/h9H,4-8H2,1-3H3. The second-order valence-electron chi connectivity index (χ2n) is 6.15. The zero-order valence-electron chi connectivity index (χ0n) is 9.02. The fraction of sp³-hybridized carbons (Fsp3) is 0.917. The van der Waals surface area contributed by atoms with E-state index in [9.17, 15) is 4.79 Å². The number of carbonyl (C=O) groups is 1. The first-order valence-corrected chi connectivity index (χ1v) is 5.45. The topological polar surface area (TPSA) is 17.1 Å². The summed E-state index contributed by atoms with van der Waals surface area (Å²) < 4.78 is 0. The lowest BCUT2D eigenvalue weighted by Gasteiger charge is -2.62. The Hall–Kier alpha value is -0.330. The van der Waals surface area contributed by atoms with E-state index in [-0.39, 0.29) is 5.41 Å². The smallest absolute Gasteiger partial charge is 0.138 e. The summed E-state index contributed by atoms with van der Waals surface area (Å²) in [7, 11) is 0. The molecule has 3 aliphatic carbocycles. The minimum Gasteiger partial charge on any atom is -0.299 e. The minimum absolute atomic E-state index is 0.121. The van der Waals surface area contributed by atoms with Gasteiger partial charge >= 0.3 is 0 Å². The van der Waals surface area contributed by atoms with E-state index >= 15 is 0 Å². The summed E-state index contributed by atoms with van der Waals surface area (Å²) >= 11 is 0. The third-order valence-corrected chi connectivity index (χ3v) is 3.88. The highest BCUT2D eigenvalue weighted by atomic mass is 16.1. The summed E-state index contributed by atoms with van der Waals surface area (Å²) in [6.07, 6.45) is 6.25. The number of hydrogen-bond acceptors (Lipinski definition) is 1. The predicted octanol–water partition coefficient (Wildman–Crippen LogP) is 3.18. The lowest BCUT2D eigenvalue weighted by molar-refractivity contribution is -0.136. The van der Waals surface area contributed by atoms with E-state index in [4.69, 9.17) is 0 Å². The molecule has 3 rings (SSSR count). The Morgan fingerprint density at radius 2 is 1.85 bits per heavy atom. The molecule has 0 saturated heterocycles. The van der Waals surface area contributed by atoms with Crippen molar-refractivity contribution in [2.75, 3.05) is 0 Å². The molecule has 74 valence electrons. The molecule has 0 atom stereocenters. The predicted molar refractivity (Wildman–Crippen MR) is 53.5 cm³/mol. The quantitative estimate of drug-likeness (QED) is 0.652. The number of rotatable bonds is 3. The Bertz CT molecular complexity index is 217. The molecule has 1 nitrogen and oxygen atoms in total. The number of hydrogen-bond donors (Lipinski definition) is 0. The first-order chi connectivity index (χ1) is 5.91. The summed E-state index contributed by atoms with van der Waals surface area (Å²) in [6.45, 7) is 6.08. The van der Waals surface area contributed by atoms with Gasteiger partial charge < -0.3 is 0 Å². The second-order valence-corrected chi connectivity index (χ2v) is 6.15. The molecular weight excluding hydrogens is 160 g/mol. The van der Waals surface area contributed by atoms with Crippen molar-refractivity contribution in [2.45, 2.75) is 52.9 Å². The van der Waals surface area contributed by atoms with Crippen LogP contribution < -0.4 is 0 Å². The average Bonchev–Trinajstić information content (AvgIpc) is 1.78. The highest BCUT2D eigenvalue weighted by Crippen LogP contribution is 2.66. The van der Waals surface area contributed by atoms with Crippen molar-refractivity contribution < 1.29 is 4.79 Å². The van der Waals surface area contributed by atoms with Crippen molar-refractivity contribution in [3.63, 3.8) is 0 Å². The highest BCUT2D eigenvalue weighted by molar-refractivity contribution is 5.83. The Morgan fingerprint density at radius 1 is 1.31 bits per heavy atom. The largest absolute Gasteiger partial charge is 0.299 e. The third kappa shape index (κ3) is 1.53. The van der Waals surface area contributed by atoms with Crippen LogP contribution in [0.25, 0.3) is 0 Å². The minimum atomic E-state index is -0.121. The first-order valence-electron chi connectivity index (χ1n) is 5.45. The van der Waals surface area contributed by atoms with Gasteiger partial charge in [0.05, 0.1) is 0 Å². The lowest BCUT2D eigenvalue weighted by Crippen LogP contribution is -2.51. The van der Waals surface area contributed by atoms with Crippen LogP contribution in [0.15, 0.2) is 0 Å². The molecule has 3 saturated carbocycles. The van der Waals surface area contributed by atoms with E-state index in [1.807, 2.05) is 20.8 Å². The zero-order chi connectivity index (χ0) is 9.69. The molecule has 0 radical (unpaired) electrons. The monoisotopic (exact) mass is 180 g/mol. The molecule has 0 aromatic rings. The number of carbonyl (C=O) groups excluding carboxylic acids is 1. The van der Waals surface area contributed by atoms with Crippen molar-refractivity contribution in [2.24, 2.45) is 16.7 Å². The molecule has 0 heterocycles. The molecule has 0 N–H and O–H groups in total. The molecule has 0 unspecified atom stereocenters. The molecule has 2 bridgehead atoms. The van der Waals surface area contributed by atoms with Crippen molar-refractivity contribution in [1.29, 1.82) is 0 Å². The van der Waals surface area contributed by atoms with Gasteiger partial charge in [-0.05, 0) is 37.0 Å². The van der Waals surface area contributed by atoms with E-state index in [0.717, 1.165) is 12.3 Å². The normalized spacial score (nSPS) is 36.4. The van der Waals surface area contributed by atoms with Crippen LogP contribution in [0, 0.1) is 16.7 Å². The number of ketones is 1. The second kappa shape index (κ2) is 2.59. The molecule has 3 fully saturated rings. The summed E-state index contributed by atoms with van der Waals surface area (Å²) in [5.41, 5.74) is 0.523. The van der Waals surface area contributed by atoms with Crippen LogP contribution >= 0.6 is 0 Å². The van der Waals surface area contributed by atoms with E-state index < -0.39 is 0 Å². The van der Waals surface area contributed by atoms with Crippen LogP contribution in [-0.2, 0) is 4.79 Å². The maximum atomic E-state index is 11.7. The van der Waals surface area contributed by atoms with Crippen molar-refractivity contribution in [3.8, 4) is 0 Å². The SMILES string of the molecule is CC(C)(C)C(=O)CCC12CC(C1)C2. The molecular formula is C12H20O. The molecule has 0 aliphatic heterocycles. The summed E-state index contributed by atoms with van der Waals surface area (Å²) in [5.74, 6) is 1.49.